The van der Waals surface area contributed by atoms with E-state index in [1.165, 1.54) is 6.42 Å². The third kappa shape index (κ3) is 1.18. The molecule has 0 radical (unpaired) electrons. The van der Waals surface area contributed by atoms with Gasteiger partial charge in [-0.05, 0) is 32.6 Å². The van der Waals surface area contributed by atoms with Crippen LogP contribution in [-0.4, -0.2) is 34.6 Å². The zero-order chi connectivity index (χ0) is 11.3. The number of ether oxygens (including phenoxy) is 1. The number of nitrogens with zero attached hydrogens (tertiary/aromatic N) is 1. The first-order chi connectivity index (χ1) is 7.66. The highest BCUT2D eigenvalue weighted by molar-refractivity contribution is 6.21. The lowest BCUT2D eigenvalue weighted by Crippen LogP contribution is -2.67. The highest BCUT2D eigenvalue weighted by Gasteiger charge is 2.60. The van der Waals surface area contributed by atoms with Gasteiger partial charge in [0.15, 0.2) is 0 Å². The average molecular weight is 244 g/mol. The van der Waals surface area contributed by atoms with Gasteiger partial charge in [-0.2, -0.15) is 0 Å². The second-order valence-electron chi connectivity index (χ2n) is 5.34. The predicted octanol–water partition coefficient (Wildman–Crippen LogP) is 2.77. The molecule has 0 unspecified atom stereocenters. The maximum atomic E-state index is 12.0. The Hall–Kier alpha value is -0.440. The summed E-state index contributed by atoms with van der Waals surface area (Å²) in [4.78, 5) is 13.9. The molecule has 3 aliphatic rings. The van der Waals surface area contributed by atoms with Gasteiger partial charge in [0.2, 0.25) is 0 Å². The maximum Gasteiger partial charge on any atom is 0.410 e. The Morgan fingerprint density at radius 1 is 1.44 bits per heavy atom. The number of hydrogen-bond acceptors (Lipinski definition) is 2. The van der Waals surface area contributed by atoms with Gasteiger partial charge >= 0.3 is 6.09 Å². The number of hydrogen-bond donors (Lipinski definition) is 0. The summed E-state index contributed by atoms with van der Waals surface area (Å²) in [6, 6.07) is 0. The maximum absolute atomic E-state index is 12.0. The molecule has 90 valence electrons. The molecule has 0 N–H and O–H groups in total. The van der Waals surface area contributed by atoms with Crippen LogP contribution >= 0.6 is 11.6 Å². The first-order valence-electron chi connectivity index (χ1n) is 6.28. The molecule has 2 saturated heterocycles. The molecule has 0 aromatic heterocycles. The second kappa shape index (κ2) is 3.52. The van der Waals surface area contributed by atoms with E-state index < -0.39 is 0 Å². The molecule has 16 heavy (non-hydrogen) atoms. The normalized spacial score (nSPS) is 47.2. The predicted molar refractivity (Wildman–Crippen MR) is 61.6 cm³/mol. The molecule has 3 rings (SSSR count). The Labute approximate surface area is 101 Å². The molecule has 1 saturated carbocycles. The van der Waals surface area contributed by atoms with E-state index in [1.807, 2.05) is 11.8 Å². The van der Waals surface area contributed by atoms with Crippen LogP contribution < -0.4 is 0 Å². The van der Waals surface area contributed by atoms with E-state index >= 15 is 0 Å². The molecule has 1 aliphatic carbocycles. The van der Waals surface area contributed by atoms with E-state index in [1.54, 1.807) is 0 Å². The summed E-state index contributed by atoms with van der Waals surface area (Å²) in [5, 5.41) is 0.115. The summed E-state index contributed by atoms with van der Waals surface area (Å²) in [5.41, 5.74) is -0.0887. The Balaban J connectivity index is 2.03. The highest BCUT2D eigenvalue weighted by Crippen LogP contribution is 2.52. The van der Waals surface area contributed by atoms with Crippen LogP contribution in [-0.2, 0) is 4.74 Å². The molecule has 0 aromatic rings. The van der Waals surface area contributed by atoms with E-state index in [2.05, 4.69) is 0 Å². The van der Waals surface area contributed by atoms with Crippen LogP contribution in [0.15, 0.2) is 0 Å². The van der Waals surface area contributed by atoms with Gasteiger partial charge in [0.05, 0.1) is 10.9 Å². The van der Waals surface area contributed by atoms with Crippen molar-refractivity contribution in [2.24, 2.45) is 5.92 Å². The largest absolute Gasteiger partial charge is 0.446 e. The fourth-order valence-electron chi connectivity index (χ4n) is 4.03. The third-order valence-electron chi connectivity index (χ3n) is 4.69. The number of carbonyl (C=O) groups excluding carboxylic acids is 1. The smallest absolute Gasteiger partial charge is 0.410 e. The molecule has 2 aliphatic heterocycles. The minimum absolute atomic E-state index is 0.0330. The number of cyclic esters (lactones) is 1. The summed E-state index contributed by atoms with van der Waals surface area (Å²) in [7, 11) is 0. The third-order valence-corrected chi connectivity index (χ3v) is 5.29. The molecule has 4 atom stereocenters. The standard InChI is InChI=1S/C12H18ClNO2/c1-8-9-4-2-6-12(9)10(13)5-3-7-14(12)11(15)16-8/h8-10H,2-7H2,1H3/t8-,9-,10+,12-/m1/s1. The van der Waals surface area contributed by atoms with Crippen LogP contribution in [0.1, 0.15) is 39.0 Å². The minimum Gasteiger partial charge on any atom is -0.446 e. The molecular weight excluding hydrogens is 226 g/mol. The monoisotopic (exact) mass is 243 g/mol. The fourth-order valence-corrected chi connectivity index (χ4v) is 4.57. The van der Waals surface area contributed by atoms with E-state index in [9.17, 15) is 4.79 Å². The highest BCUT2D eigenvalue weighted by atomic mass is 35.5. The van der Waals surface area contributed by atoms with Gasteiger partial charge in [-0.15, -0.1) is 11.6 Å². The topological polar surface area (TPSA) is 29.5 Å². The van der Waals surface area contributed by atoms with Crippen LogP contribution in [0.2, 0.25) is 0 Å². The van der Waals surface area contributed by atoms with Crippen molar-refractivity contribution < 1.29 is 9.53 Å². The first-order valence-corrected chi connectivity index (χ1v) is 6.72. The Kier molecular flexibility index (Phi) is 2.36. The lowest BCUT2D eigenvalue weighted by molar-refractivity contribution is -0.0840. The molecule has 1 amide bonds. The van der Waals surface area contributed by atoms with E-state index in [4.69, 9.17) is 16.3 Å². The molecule has 0 aromatic carbocycles. The van der Waals surface area contributed by atoms with E-state index in [-0.39, 0.29) is 23.1 Å². The number of carbonyl (C=O) groups is 1. The first kappa shape index (κ1) is 10.7. The van der Waals surface area contributed by atoms with Crippen molar-refractivity contribution in [1.29, 1.82) is 0 Å². The van der Waals surface area contributed by atoms with Gasteiger partial charge in [0.25, 0.3) is 0 Å². The van der Waals surface area contributed by atoms with Gasteiger partial charge in [-0.3, -0.25) is 0 Å². The molecule has 4 heteroatoms. The number of halogens is 1. The van der Waals surface area contributed by atoms with Crippen molar-refractivity contribution >= 4 is 17.7 Å². The zero-order valence-corrected chi connectivity index (χ0v) is 10.4. The van der Waals surface area contributed by atoms with Crippen molar-refractivity contribution in [3.63, 3.8) is 0 Å². The molecule has 2 heterocycles. The average Bonchev–Trinajstić information content (AvgIpc) is 2.67. The molecule has 3 fully saturated rings. The summed E-state index contributed by atoms with van der Waals surface area (Å²) in [6.45, 7) is 2.84. The second-order valence-corrected chi connectivity index (χ2v) is 5.87. The molecule has 1 spiro atoms. The van der Waals surface area contributed by atoms with Crippen molar-refractivity contribution in [2.75, 3.05) is 6.54 Å². The van der Waals surface area contributed by atoms with Crippen LogP contribution in [0.3, 0.4) is 0 Å². The van der Waals surface area contributed by atoms with Crippen molar-refractivity contribution in [3.05, 3.63) is 0 Å². The van der Waals surface area contributed by atoms with Crippen molar-refractivity contribution in [2.45, 2.75) is 56.0 Å². The SMILES string of the molecule is C[C@H]1OC(=O)N2CCC[C@H](Cl)[C@]23CCC[C@H]13. The summed E-state index contributed by atoms with van der Waals surface area (Å²) >= 11 is 6.56. The molecule has 3 nitrogen and oxygen atoms in total. The minimum atomic E-state index is -0.143. The van der Waals surface area contributed by atoms with Gasteiger partial charge in [0, 0.05) is 12.5 Å². The zero-order valence-electron chi connectivity index (χ0n) is 9.62. The van der Waals surface area contributed by atoms with Crippen LogP contribution in [0, 0.1) is 5.92 Å². The summed E-state index contributed by atoms with van der Waals surface area (Å²) in [5.74, 6) is 0.438. The van der Waals surface area contributed by atoms with E-state index in [0.717, 1.165) is 32.2 Å². The van der Waals surface area contributed by atoms with Crippen molar-refractivity contribution in [3.8, 4) is 0 Å². The van der Waals surface area contributed by atoms with Crippen LogP contribution in [0.4, 0.5) is 4.79 Å². The fraction of sp³-hybridized carbons (Fsp3) is 0.917. The Bertz CT molecular complexity index is 322. The van der Waals surface area contributed by atoms with Gasteiger partial charge in [-0.25, -0.2) is 4.79 Å². The van der Waals surface area contributed by atoms with Crippen molar-refractivity contribution in [1.82, 2.24) is 4.90 Å². The van der Waals surface area contributed by atoms with Crippen LogP contribution in [0.5, 0.6) is 0 Å². The number of piperidine rings is 1. The quantitative estimate of drug-likeness (QED) is 0.613. The Morgan fingerprint density at radius 3 is 3.06 bits per heavy atom. The summed E-state index contributed by atoms with van der Waals surface area (Å²) < 4.78 is 5.44. The molecular formula is C12H18ClNO2. The number of alkyl halides is 1. The van der Waals surface area contributed by atoms with Gasteiger partial charge in [-0.1, -0.05) is 6.42 Å². The number of rotatable bonds is 0. The van der Waals surface area contributed by atoms with Gasteiger partial charge in [0.1, 0.15) is 6.10 Å². The lowest BCUT2D eigenvalue weighted by Gasteiger charge is -2.55. The summed E-state index contributed by atoms with van der Waals surface area (Å²) in [6.07, 6.45) is 5.31. The van der Waals surface area contributed by atoms with E-state index in [0.29, 0.717) is 5.92 Å². The van der Waals surface area contributed by atoms with Crippen LogP contribution in [0.25, 0.3) is 0 Å². The Morgan fingerprint density at radius 2 is 2.25 bits per heavy atom. The lowest BCUT2D eigenvalue weighted by atomic mass is 9.74. The molecule has 0 bridgehead atoms. The number of amides is 1. The van der Waals surface area contributed by atoms with Gasteiger partial charge < -0.3 is 9.64 Å².